The van der Waals surface area contributed by atoms with E-state index in [2.05, 4.69) is 12.2 Å². The molecule has 1 N–H and O–H groups in total. The van der Waals surface area contributed by atoms with E-state index >= 15 is 0 Å². The third-order valence-electron chi connectivity index (χ3n) is 4.42. The van der Waals surface area contributed by atoms with Crippen molar-refractivity contribution in [3.05, 3.63) is 106 Å². The number of carbonyl (C=O) groups is 1. The predicted octanol–water partition coefficient (Wildman–Crippen LogP) is 4.08. The summed E-state index contributed by atoms with van der Waals surface area (Å²) in [5.74, 6) is 1.98. The highest BCUT2D eigenvalue weighted by Crippen LogP contribution is 2.13. The summed E-state index contributed by atoms with van der Waals surface area (Å²) in [5, 5.41) is 2.96. The molecule has 3 rings (SSSR count). The van der Waals surface area contributed by atoms with E-state index in [9.17, 15) is 9.59 Å². The van der Waals surface area contributed by atoms with Crippen molar-refractivity contribution < 1.29 is 4.79 Å². The number of thioether (sulfide) groups is 1. The Bertz CT molecular complexity index is 963. The minimum Gasteiger partial charge on any atom is -0.348 e. The zero-order chi connectivity index (χ0) is 19.8. The highest BCUT2D eigenvalue weighted by atomic mass is 32.2. The van der Waals surface area contributed by atoms with Gasteiger partial charge in [0.05, 0.1) is 6.54 Å². The van der Waals surface area contributed by atoms with E-state index in [1.54, 1.807) is 22.9 Å². The molecule has 0 aliphatic rings. The average molecular weight is 393 g/mol. The van der Waals surface area contributed by atoms with Gasteiger partial charge in [-0.15, -0.1) is 0 Å². The van der Waals surface area contributed by atoms with Crippen LogP contribution in [-0.2, 0) is 18.8 Å². The minimum absolute atomic E-state index is 0.0156. The fourth-order valence-corrected chi connectivity index (χ4v) is 3.44. The Balaban J connectivity index is 1.53. The van der Waals surface area contributed by atoms with E-state index in [1.807, 2.05) is 66.4 Å². The summed E-state index contributed by atoms with van der Waals surface area (Å²) in [6, 6.07) is 20.9. The number of nitrogens with zero attached hydrogens (tertiary/aromatic N) is 1. The molecular weight excluding hydrogens is 368 g/mol. The maximum atomic E-state index is 12.3. The third kappa shape index (κ3) is 5.60. The average Bonchev–Trinajstić information content (AvgIpc) is 2.73. The number of pyridine rings is 1. The van der Waals surface area contributed by atoms with Crippen molar-refractivity contribution >= 4 is 17.7 Å². The van der Waals surface area contributed by atoms with Crippen molar-refractivity contribution in [1.29, 1.82) is 0 Å². The molecule has 0 atom stereocenters. The molecule has 4 nitrogen and oxygen atoms in total. The maximum Gasteiger partial charge on any atom is 0.251 e. The first-order chi connectivity index (χ1) is 13.7. The number of aromatic nitrogens is 1. The van der Waals surface area contributed by atoms with Gasteiger partial charge < -0.3 is 9.88 Å². The van der Waals surface area contributed by atoms with Crippen LogP contribution in [0.3, 0.4) is 0 Å². The topological polar surface area (TPSA) is 51.1 Å². The highest BCUT2D eigenvalue weighted by molar-refractivity contribution is 7.98. The van der Waals surface area contributed by atoms with Crippen molar-refractivity contribution in [2.24, 2.45) is 0 Å². The Morgan fingerprint density at radius 2 is 1.61 bits per heavy atom. The van der Waals surface area contributed by atoms with Crippen LogP contribution in [0.15, 0.2) is 77.7 Å². The van der Waals surface area contributed by atoms with Crippen LogP contribution in [0.25, 0.3) is 0 Å². The molecule has 28 heavy (non-hydrogen) atoms. The van der Waals surface area contributed by atoms with Crippen LogP contribution in [0.5, 0.6) is 0 Å². The van der Waals surface area contributed by atoms with Gasteiger partial charge >= 0.3 is 0 Å². The lowest BCUT2D eigenvalue weighted by atomic mass is 10.1. The summed E-state index contributed by atoms with van der Waals surface area (Å²) in [6.07, 6.45) is 1.78. The van der Waals surface area contributed by atoms with E-state index in [0.717, 1.165) is 22.6 Å². The van der Waals surface area contributed by atoms with Gasteiger partial charge in [0.15, 0.2) is 0 Å². The molecule has 1 heterocycles. The summed E-state index contributed by atoms with van der Waals surface area (Å²) in [7, 11) is 0. The van der Waals surface area contributed by atoms with E-state index in [4.69, 9.17) is 0 Å². The molecule has 0 spiro atoms. The molecule has 1 amide bonds. The first-order valence-electron chi connectivity index (χ1n) is 9.34. The number of nitrogens with one attached hydrogen (secondary N) is 1. The van der Waals surface area contributed by atoms with Crippen LogP contribution in [0.4, 0.5) is 0 Å². The lowest BCUT2D eigenvalue weighted by Gasteiger charge is -2.08. The van der Waals surface area contributed by atoms with Gasteiger partial charge in [-0.05, 0) is 40.6 Å². The Hall–Kier alpha value is -2.79. The van der Waals surface area contributed by atoms with E-state index < -0.39 is 0 Å². The Morgan fingerprint density at radius 1 is 0.929 bits per heavy atom. The van der Waals surface area contributed by atoms with E-state index in [0.29, 0.717) is 18.7 Å². The second kappa shape index (κ2) is 9.95. The number of hydrogen-bond donors (Lipinski definition) is 1. The van der Waals surface area contributed by atoms with Gasteiger partial charge in [0.2, 0.25) is 0 Å². The summed E-state index contributed by atoms with van der Waals surface area (Å²) in [6.45, 7) is 3.15. The van der Waals surface area contributed by atoms with Crippen molar-refractivity contribution in [2.45, 2.75) is 25.8 Å². The molecule has 0 saturated heterocycles. The first kappa shape index (κ1) is 20.0. The Morgan fingerprint density at radius 3 is 2.29 bits per heavy atom. The largest absolute Gasteiger partial charge is 0.348 e. The van der Waals surface area contributed by atoms with Crippen LogP contribution in [0, 0.1) is 0 Å². The normalized spacial score (nSPS) is 10.6. The van der Waals surface area contributed by atoms with Crippen molar-refractivity contribution in [2.75, 3.05) is 5.75 Å². The van der Waals surface area contributed by atoms with Crippen LogP contribution in [-0.4, -0.2) is 16.2 Å². The molecule has 0 saturated carbocycles. The van der Waals surface area contributed by atoms with Crippen LogP contribution in [0.1, 0.15) is 34.0 Å². The standard InChI is InChI=1S/C23H24N2O2S/c1-2-28-17-20-10-12-21(13-11-20)23(27)24-15-18-6-8-19(9-7-18)16-25-14-4-3-5-22(25)26/h3-14H,2,15-17H2,1H3,(H,24,27). The highest BCUT2D eigenvalue weighted by Gasteiger charge is 2.06. The fraction of sp³-hybridized carbons (Fsp3) is 0.217. The molecule has 1 aromatic heterocycles. The quantitative estimate of drug-likeness (QED) is 0.628. The van der Waals surface area contributed by atoms with Crippen LogP contribution >= 0.6 is 11.8 Å². The van der Waals surface area contributed by atoms with Gasteiger partial charge in [0.25, 0.3) is 11.5 Å². The third-order valence-corrected chi connectivity index (χ3v) is 5.36. The molecule has 0 radical (unpaired) electrons. The van der Waals surface area contributed by atoms with Crippen molar-refractivity contribution in [3.63, 3.8) is 0 Å². The molecule has 0 fully saturated rings. The molecule has 0 bridgehead atoms. The maximum absolute atomic E-state index is 12.3. The van der Waals surface area contributed by atoms with E-state index in [-0.39, 0.29) is 11.5 Å². The number of carbonyl (C=O) groups excluding carboxylic acids is 1. The minimum atomic E-state index is -0.0744. The summed E-state index contributed by atoms with van der Waals surface area (Å²) < 4.78 is 1.67. The molecule has 3 aromatic rings. The summed E-state index contributed by atoms with van der Waals surface area (Å²) >= 11 is 1.87. The van der Waals surface area contributed by atoms with Gasteiger partial charge in [0, 0.05) is 30.1 Å². The van der Waals surface area contributed by atoms with Gasteiger partial charge in [0.1, 0.15) is 0 Å². The van der Waals surface area contributed by atoms with Gasteiger partial charge in [-0.1, -0.05) is 49.4 Å². The Kier molecular flexibility index (Phi) is 7.09. The number of amides is 1. The van der Waals surface area contributed by atoms with Gasteiger partial charge in [-0.2, -0.15) is 11.8 Å². The zero-order valence-electron chi connectivity index (χ0n) is 15.9. The second-order valence-corrected chi connectivity index (χ2v) is 7.77. The van der Waals surface area contributed by atoms with Gasteiger partial charge in [-0.25, -0.2) is 0 Å². The smallest absolute Gasteiger partial charge is 0.251 e. The van der Waals surface area contributed by atoms with Crippen molar-refractivity contribution in [1.82, 2.24) is 9.88 Å². The van der Waals surface area contributed by atoms with Crippen molar-refractivity contribution in [3.8, 4) is 0 Å². The first-order valence-corrected chi connectivity index (χ1v) is 10.5. The second-order valence-electron chi connectivity index (χ2n) is 6.50. The number of hydrogen-bond acceptors (Lipinski definition) is 3. The molecule has 144 valence electrons. The molecule has 5 heteroatoms. The number of benzene rings is 2. The lowest BCUT2D eigenvalue weighted by molar-refractivity contribution is 0.0951. The molecular formula is C23H24N2O2S. The van der Waals surface area contributed by atoms with Gasteiger partial charge in [-0.3, -0.25) is 9.59 Å². The fourth-order valence-electron chi connectivity index (χ4n) is 2.81. The summed E-state index contributed by atoms with van der Waals surface area (Å²) in [5.41, 5.74) is 3.96. The molecule has 0 aliphatic heterocycles. The Labute approximate surface area is 169 Å². The molecule has 0 unspecified atom stereocenters. The van der Waals surface area contributed by atoms with Crippen LogP contribution < -0.4 is 10.9 Å². The van der Waals surface area contributed by atoms with E-state index in [1.165, 1.54) is 5.56 Å². The van der Waals surface area contributed by atoms with Crippen LogP contribution in [0.2, 0.25) is 0 Å². The lowest BCUT2D eigenvalue weighted by Crippen LogP contribution is -2.22. The predicted molar refractivity (Wildman–Crippen MR) is 116 cm³/mol. The zero-order valence-corrected chi connectivity index (χ0v) is 16.7. The SMILES string of the molecule is CCSCc1ccc(C(=O)NCc2ccc(Cn3ccccc3=O)cc2)cc1. The number of rotatable bonds is 8. The molecule has 2 aromatic carbocycles. The summed E-state index contributed by atoms with van der Waals surface area (Å²) in [4.78, 5) is 24.1. The monoisotopic (exact) mass is 392 g/mol. The molecule has 0 aliphatic carbocycles.